The van der Waals surface area contributed by atoms with Crippen LogP contribution in [0.25, 0.3) is 0 Å². The number of benzene rings is 1. The van der Waals surface area contributed by atoms with Gasteiger partial charge in [0.15, 0.2) is 0 Å². The maximum Gasteiger partial charge on any atom is 0.407 e. The maximum absolute atomic E-state index is 12.2. The summed E-state index contributed by atoms with van der Waals surface area (Å²) in [6.45, 7) is 0.652. The fourth-order valence-corrected chi connectivity index (χ4v) is 2.27. The van der Waals surface area contributed by atoms with Crippen molar-refractivity contribution in [2.45, 2.75) is 19.3 Å². The molecule has 1 aliphatic rings. The van der Waals surface area contributed by atoms with Crippen LogP contribution in [0.1, 0.15) is 18.4 Å². The summed E-state index contributed by atoms with van der Waals surface area (Å²) in [5.41, 5.74) is 2.14. The molecule has 0 bridgehead atoms. The van der Waals surface area contributed by atoms with E-state index in [1.807, 2.05) is 18.2 Å². The van der Waals surface area contributed by atoms with Gasteiger partial charge < -0.3 is 15.0 Å². The second-order valence-electron chi connectivity index (χ2n) is 4.48. The van der Waals surface area contributed by atoms with Crippen LogP contribution in [-0.2, 0) is 16.0 Å². The molecule has 102 valence electrons. The summed E-state index contributed by atoms with van der Waals surface area (Å²) >= 11 is 0. The first-order chi connectivity index (χ1) is 9.22. The van der Waals surface area contributed by atoms with Crippen molar-refractivity contribution in [3.8, 4) is 0 Å². The molecule has 1 aromatic carbocycles. The number of hydrogen-bond acceptors (Lipinski definition) is 3. The molecule has 5 heteroatoms. The number of aryl methyl sites for hydroxylation is 1. The van der Waals surface area contributed by atoms with Gasteiger partial charge in [-0.25, -0.2) is 4.79 Å². The highest BCUT2D eigenvalue weighted by atomic mass is 16.5. The fourth-order valence-electron chi connectivity index (χ4n) is 2.27. The quantitative estimate of drug-likeness (QED) is 0.882. The van der Waals surface area contributed by atoms with Crippen LogP contribution in [0.2, 0.25) is 0 Å². The lowest BCUT2D eigenvalue weighted by atomic mass is 10.1. The van der Waals surface area contributed by atoms with Gasteiger partial charge in [0.05, 0.1) is 7.11 Å². The summed E-state index contributed by atoms with van der Waals surface area (Å²) < 4.78 is 4.46. The smallest absolute Gasteiger partial charge is 0.407 e. The third-order valence-electron chi connectivity index (χ3n) is 3.23. The summed E-state index contributed by atoms with van der Waals surface area (Å²) in [5, 5.41) is 2.43. The standard InChI is InChI=1S/C14H18N2O3/c1-19-14(18)15-10-13(17)16-9-5-4-7-11-6-2-3-8-12(11)16/h2-3,6,8H,4-5,7,9-10H2,1H3,(H,15,18). The highest BCUT2D eigenvalue weighted by Crippen LogP contribution is 2.25. The van der Waals surface area contributed by atoms with Crippen molar-refractivity contribution in [2.24, 2.45) is 0 Å². The van der Waals surface area contributed by atoms with E-state index in [0.29, 0.717) is 6.54 Å². The molecule has 1 aliphatic heterocycles. The number of rotatable bonds is 2. The van der Waals surface area contributed by atoms with Gasteiger partial charge in [0, 0.05) is 12.2 Å². The lowest BCUT2D eigenvalue weighted by molar-refractivity contribution is -0.117. The van der Waals surface area contributed by atoms with Crippen LogP contribution in [0.5, 0.6) is 0 Å². The molecule has 0 saturated carbocycles. The third-order valence-corrected chi connectivity index (χ3v) is 3.23. The number of nitrogens with zero attached hydrogens (tertiary/aromatic N) is 1. The second-order valence-corrected chi connectivity index (χ2v) is 4.48. The molecule has 1 N–H and O–H groups in total. The number of fused-ring (bicyclic) bond motifs is 1. The number of hydrogen-bond donors (Lipinski definition) is 1. The number of ether oxygens (including phenoxy) is 1. The molecule has 1 heterocycles. The number of carbonyl (C=O) groups excluding carboxylic acids is 2. The molecule has 0 saturated heterocycles. The zero-order chi connectivity index (χ0) is 13.7. The second kappa shape index (κ2) is 6.22. The molecule has 0 atom stereocenters. The summed E-state index contributed by atoms with van der Waals surface area (Å²) in [7, 11) is 1.28. The Hall–Kier alpha value is -2.04. The van der Waals surface area contributed by atoms with E-state index in [1.54, 1.807) is 4.90 Å². The minimum Gasteiger partial charge on any atom is -0.453 e. The Morgan fingerprint density at radius 3 is 2.89 bits per heavy atom. The van der Waals surface area contributed by atoms with Crippen LogP contribution in [0.3, 0.4) is 0 Å². The molecule has 0 spiro atoms. The van der Waals surface area contributed by atoms with E-state index in [2.05, 4.69) is 16.1 Å². The van der Waals surface area contributed by atoms with Gasteiger partial charge in [-0.2, -0.15) is 0 Å². The van der Waals surface area contributed by atoms with Crippen molar-refractivity contribution < 1.29 is 14.3 Å². The SMILES string of the molecule is COC(=O)NCC(=O)N1CCCCc2ccccc21. The molecule has 5 nitrogen and oxygen atoms in total. The van der Waals surface area contributed by atoms with Crippen molar-refractivity contribution in [3.63, 3.8) is 0 Å². The van der Waals surface area contributed by atoms with E-state index < -0.39 is 6.09 Å². The molecule has 0 radical (unpaired) electrons. The van der Waals surface area contributed by atoms with Crippen LogP contribution in [0, 0.1) is 0 Å². The monoisotopic (exact) mass is 262 g/mol. The van der Waals surface area contributed by atoms with Crippen LogP contribution in [-0.4, -0.2) is 32.2 Å². The Balaban J connectivity index is 2.10. The third kappa shape index (κ3) is 3.24. The van der Waals surface area contributed by atoms with Gasteiger partial charge in [0.1, 0.15) is 6.54 Å². The normalized spacial score (nSPS) is 14.3. The Bertz CT molecular complexity index is 474. The van der Waals surface area contributed by atoms with Crippen molar-refractivity contribution in [1.29, 1.82) is 0 Å². The summed E-state index contributed by atoms with van der Waals surface area (Å²) in [6.07, 6.45) is 2.45. The van der Waals surface area contributed by atoms with E-state index in [-0.39, 0.29) is 12.5 Å². The van der Waals surface area contributed by atoms with Crippen LogP contribution >= 0.6 is 0 Å². The number of carbonyl (C=O) groups is 2. The van der Waals surface area contributed by atoms with Crippen molar-refractivity contribution in [3.05, 3.63) is 29.8 Å². The minimum atomic E-state index is -0.587. The lowest BCUT2D eigenvalue weighted by Gasteiger charge is -2.22. The molecule has 2 amide bonds. The highest BCUT2D eigenvalue weighted by molar-refractivity contribution is 5.96. The first-order valence-corrected chi connectivity index (χ1v) is 6.42. The van der Waals surface area contributed by atoms with Gasteiger partial charge in [-0.15, -0.1) is 0 Å². The summed E-state index contributed by atoms with van der Waals surface area (Å²) in [6, 6.07) is 7.92. The molecular formula is C14H18N2O3. The predicted octanol–water partition coefficient (Wildman–Crippen LogP) is 1.71. The van der Waals surface area contributed by atoms with Gasteiger partial charge in [-0.3, -0.25) is 4.79 Å². The van der Waals surface area contributed by atoms with Gasteiger partial charge in [-0.05, 0) is 30.9 Å². The average molecular weight is 262 g/mol. The Labute approximate surface area is 112 Å². The molecule has 0 unspecified atom stereocenters. The van der Waals surface area contributed by atoms with Crippen molar-refractivity contribution in [1.82, 2.24) is 5.32 Å². The molecular weight excluding hydrogens is 244 g/mol. The molecule has 1 aromatic rings. The van der Waals surface area contributed by atoms with E-state index in [1.165, 1.54) is 12.7 Å². The molecule has 0 aliphatic carbocycles. The fraction of sp³-hybridized carbons (Fsp3) is 0.429. The number of nitrogens with one attached hydrogen (secondary N) is 1. The molecule has 19 heavy (non-hydrogen) atoms. The van der Waals surface area contributed by atoms with Gasteiger partial charge >= 0.3 is 6.09 Å². The predicted molar refractivity (Wildman–Crippen MR) is 72.1 cm³/mol. The van der Waals surface area contributed by atoms with Crippen molar-refractivity contribution in [2.75, 3.05) is 25.1 Å². The van der Waals surface area contributed by atoms with Crippen LogP contribution in [0.15, 0.2) is 24.3 Å². The zero-order valence-electron chi connectivity index (χ0n) is 11.0. The summed E-state index contributed by atoms with van der Waals surface area (Å²) in [4.78, 5) is 24.9. The largest absolute Gasteiger partial charge is 0.453 e. The number of alkyl carbamates (subject to hydrolysis) is 1. The van der Waals surface area contributed by atoms with Gasteiger partial charge in [0.2, 0.25) is 5.91 Å². The summed E-state index contributed by atoms with van der Waals surface area (Å²) in [5.74, 6) is -0.111. The lowest BCUT2D eigenvalue weighted by Crippen LogP contribution is -2.40. The topological polar surface area (TPSA) is 58.6 Å². The maximum atomic E-state index is 12.2. The van der Waals surface area contributed by atoms with Crippen molar-refractivity contribution >= 4 is 17.7 Å². The minimum absolute atomic E-state index is 0.0407. The Morgan fingerprint density at radius 2 is 2.11 bits per heavy atom. The first kappa shape index (κ1) is 13.4. The zero-order valence-corrected chi connectivity index (χ0v) is 11.0. The van der Waals surface area contributed by atoms with E-state index >= 15 is 0 Å². The Kier molecular flexibility index (Phi) is 4.39. The number of methoxy groups -OCH3 is 1. The van der Waals surface area contributed by atoms with Gasteiger partial charge in [-0.1, -0.05) is 18.2 Å². The van der Waals surface area contributed by atoms with Crippen LogP contribution in [0.4, 0.5) is 10.5 Å². The average Bonchev–Trinajstić information content (AvgIpc) is 2.66. The number of para-hydroxylation sites is 1. The first-order valence-electron chi connectivity index (χ1n) is 6.42. The van der Waals surface area contributed by atoms with Gasteiger partial charge in [0.25, 0.3) is 0 Å². The van der Waals surface area contributed by atoms with Crippen LogP contribution < -0.4 is 10.2 Å². The molecule has 2 rings (SSSR count). The van der Waals surface area contributed by atoms with E-state index in [9.17, 15) is 9.59 Å². The molecule has 0 fully saturated rings. The Morgan fingerprint density at radius 1 is 1.32 bits per heavy atom. The van der Waals surface area contributed by atoms with E-state index in [4.69, 9.17) is 0 Å². The highest BCUT2D eigenvalue weighted by Gasteiger charge is 2.20. The molecule has 0 aromatic heterocycles. The number of anilines is 1. The number of amides is 2. The van der Waals surface area contributed by atoms with E-state index in [0.717, 1.165) is 24.9 Å².